The van der Waals surface area contributed by atoms with Crippen molar-refractivity contribution in [3.05, 3.63) is 53.8 Å². The number of nitrogens with zero attached hydrogens (tertiary/aromatic N) is 1. The molecular formula is C16H12FN3O2S2. The molecule has 1 heterocycles. The first-order valence-electron chi connectivity index (χ1n) is 6.87. The number of carbonyl (C=O) groups excluding carboxylic acids is 1. The number of aromatic nitrogens is 1. The Labute approximate surface area is 146 Å². The van der Waals surface area contributed by atoms with Crippen LogP contribution >= 0.6 is 23.6 Å². The molecule has 0 spiro atoms. The van der Waals surface area contributed by atoms with Crippen LogP contribution in [0, 0.1) is 5.82 Å². The second kappa shape index (κ2) is 6.90. The molecule has 0 fully saturated rings. The number of anilines is 1. The lowest BCUT2D eigenvalue weighted by Crippen LogP contribution is -2.34. The molecule has 24 heavy (non-hydrogen) atoms. The number of benzene rings is 2. The van der Waals surface area contributed by atoms with Crippen LogP contribution in [0.2, 0.25) is 0 Å². The molecule has 2 N–H and O–H groups in total. The number of hydrogen-bond donors (Lipinski definition) is 2. The number of ether oxygens (including phenoxy) is 1. The monoisotopic (exact) mass is 361 g/mol. The van der Waals surface area contributed by atoms with Gasteiger partial charge in [0.2, 0.25) is 0 Å². The van der Waals surface area contributed by atoms with Crippen molar-refractivity contribution >= 4 is 49.9 Å². The predicted molar refractivity (Wildman–Crippen MR) is 96.3 cm³/mol. The van der Waals surface area contributed by atoms with Crippen LogP contribution in [0.4, 0.5) is 9.52 Å². The van der Waals surface area contributed by atoms with Crippen LogP contribution in [-0.4, -0.2) is 23.1 Å². The van der Waals surface area contributed by atoms with Crippen LogP contribution in [0.3, 0.4) is 0 Å². The molecule has 0 aliphatic carbocycles. The zero-order valence-corrected chi connectivity index (χ0v) is 14.1. The van der Waals surface area contributed by atoms with Gasteiger partial charge in [0.15, 0.2) is 10.2 Å². The molecule has 0 unspecified atom stereocenters. The van der Waals surface area contributed by atoms with Crippen molar-refractivity contribution in [1.29, 1.82) is 0 Å². The van der Waals surface area contributed by atoms with E-state index in [0.717, 1.165) is 0 Å². The molecule has 122 valence electrons. The summed E-state index contributed by atoms with van der Waals surface area (Å²) in [5.41, 5.74) is 1.08. The van der Waals surface area contributed by atoms with Crippen LogP contribution in [-0.2, 0) is 0 Å². The van der Waals surface area contributed by atoms with Crippen molar-refractivity contribution in [2.24, 2.45) is 0 Å². The average molecular weight is 361 g/mol. The Morgan fingerprint density at radius 3 is 2.92 bits per heavy atom. The van der Waals surface area contributed by atoms with Crippen molar-refractivity contribution in [1.82, 2.24) is 10.3 Å². The Balaban J connectivity index is 1.68. The summed E-state index contributed by atoms with van der Waals surface area (Å²) < 4.78 is 19.0. The molecule has 0 bridgehead atoms. The van der Waals surface area contributed by atoms with Crippen molar-refractivity contribution in [2.45, 2.75) is 0 Å². The van der Waals surface area contributed by atoms with Crippen LogP contribution in [0.1, 0.15) is 10.4 Å². The number of thiazole rings is 1. The van der Waals surface area contributed by atoms with Gasteiger partial charge >= 0.3 is 0 Å². The maximum Gasteiger partial charge on any atom is 0.257 e. The molecular weight excluding hydrogens is 349 g/mol. The van der Waals surface area contributed by atoms with E-state index in [0.29, 0.717) is 26.7 Å². The van der Waals surface area contributed by atoms with Crippen LogP contribution in [0.5, 0.6) is 5.75 Å². The van der Waals surface area contributed by atoms with E-state index < -0.39 is 0 Å². The van der Waals surface area contributed by atoms with Gasteiger partial charge in [0.05, 0.1) is 17.3 Å². The largest absolute Gasteiger partial charge is 0.497 e. The molecule has 1 amide bonds. The van der Waals surface area contributed by atoms with Gasteiger partial charge in [-0.2, -0.15) is 0 Å². The number of rotatable bonds is 3. The third-order valence-electron chi connectivity index (χ3n) is 3.13. The number of thiocarbonyl (C=S) groups is 1. The quantitative estimate of drug-likeness (QED) is 0.699. The van der Waals surface area contributed by atoms with Gasteiger partial charge in [0.25, 0.3) is 5.91 Å². The lowest BCUT2D eigenvalue weighted by Gasteiger charge is -2.08. The van der Waals surface area contributed by atoms with Gasteiger partial charge in [-0.1, -0.05) is 17.4 Å². The molecule has 0 aliphatic heterocycles. The Hall–Kier alpha value is -2.58. The summed E-state index contributed by atoms with van der Waals surface area (Å²) in [6.07, 6.45) is 0. The van der Waals surface area contributed by atoms with E-state index >= 15 is 0 Å². The number of halogens is 1. The fourth-order valence-corrected chi connectivity index (χ4v) is 3.17. The zero-order chi connectivity index (χ0) is 17.1. The van der Waals surface area contributed by atoms with Gasteiger partial charge in [-0.15, -0.1) is 0 Å². The first-order valence-corrected chi connectivity index (χ1v) is 8.10. The van der Waals surface area contributed by atoms with Crippen molar-refractivity contribution < 1.29 is 13.9 Å². The summed E-state index contributed by atoms with van der Waals surface area (Å²) in [6, 6.07) is 11.0. The van der Waals surface area contributed by atoms with E-state index in [-0.39, 0.29) is 16.8 Å². The highest BCUT2D eigenvalue weighted by atomic mass is 32.1. The zero-order valence-electron chi connectivity index (χ0n) is 12.5. The van der Waals surface area contributed by atoms with Crippen LogP contribution < -0.4 is 15.4 Å². The van der Waals surface area contributed by atoms with E-state index in [9.17, 15) is 9.18 Å². The SMILES string of the molecule is COc1cccc(C(=O)NC(=S)Nc2nc3ccc(F)cc3s2)c1. The van der Waals surface area contributed by atoms with Gasteiger partial charge in [0, 0.05) is 5.56 Å². The second-order valence-electron chi connectivity index (χ2n) is 4.77. The second-order valence-corrected chi connectivity index (χ2v) is 6.21. The minimum Gasteiger partial charge on any atom is -0.497 e. The predicted octanol–water partition coefficient (Wildman–Crippen LogP) is 3.57. The Morgan fingerprint density at radius 1 is 1.29 bits per heavy atom. The maximum absolute atomic E-state index is 13.2. The highest BCUT2D eigenvalue weighted by molar-refractivity contribution is 7.80. The number of nitrogens with one attached hydrogen (secondary N) is 2. The topological polar surface area (TPSA) is 63.2 Å². The van der Waals surface area contributed by atoms with Gasteiger partial charge in [-0.05, 0) is 48.6 Å². The van der Waals surface area contributed by atoms with E-state index in [1.54, 1.807) is 30.3 Å². The number of hydrogen-bond acceptors (Lipinski definition) is 5. The molecule has 3 aromatic rings. The van der Waals surface area contributed by atoms with Crippen molar-refractivity contribution in [3.8, 4) is 5.75 Å². The molecule has 8 heteroatoms. The summed E-state index contributed by atoms with van der Waals surface area (Å²) >= 11 is 6.37. The van der Waals surface area contributed by atoms with Crippen LogP contribution in [0.15, 0.2) is 42.5 Å². The minimum absolute atomic E-state index is 0.113. The first kappa shape index (κ1) is 16.3. The lowest BCUT2D eigenvalue weighted by molar-refractivity contribution is 0.0977. The summed E-state index contributed by atoms with van der Waals surface area (Å²) in [5.74, 6) is -0.111. The first-order chi connectivity index (χ1) is 11.5. The fraction of sp³-hybridized carbons (Fsp3) is 0.0625. The number of methoxy groups -OCH3 is 1. The molecule has 3 rings (SSSR count). The highest BCUT2D eigenvalue weighted by Gasteiger charge is 2.11. The summed E-state index contributed by atoms with van der Waals surface area (Å²) in [7, 11) is 1.53. The van der Waals surface area contributed by atoms with Gasteiger partial charge in [-0.3, -0.25) is 10.1 Å². The van der Waals surface area contributed by atoms with Crippen molar-refractivity contribution in [3.63, 3.8) is 0 Å². The van der Waals surface area contributed by atoms with Crippen molar-refractivity contribution in [2.75, 3.05) is 12.4 Å². The Bertz CT molecular complexity index is 927. The molecule has 1 aromatic heterocycles. The lowest BCUT2D eigenvalue weighted by atomic mass is 10.2. The third kappa shape index (κ3) is 3.66. The smallest absolute Gasteiger partial charge is 0.257 e. The van der Waals surface area contributed by atoms with Gasteiger partial charge in [-0.25, -0.2) is 9.37 Å². The fourth-order valence-electron chi connectivity index (χ4n) is 2.02. The molecule has 2 aromatic carbocycles. The maximum atomic E-state index is 13.2. The van der Waals surface area contributed by atoms with E-state index in [4.69, 9.17) is 17.0 Å². The molecule has 0 aliphatic rings. The third-order valence-corrected chi connectivity index (χ3v) is 4.27. The van der Waals surface area contributed by atoms with E-state index in [2.05, 4.69) is 15.6 Å². The van der Waals surface area contributed by atoms with Gasteiger partial charge < -0.3 is 10.1 Å². The summed E-state index contributed by atoms with van der Waals surface area (Å²) in [5, 5.41) is 6.00. The number of amides is 1. The van der Waals surface area contributed by atoms with Crippen LogP contribution in [0.25, 0.3) is 10.2 Å². The molecule has 0 atom stereocenters. The standard InChI is InChI=1S/C16H12FN3O2S2/c1-22-11-4-2-3-9(7-11)14(21)19-15(23)20-16-18-12-6-5-10(17)8-13(12)24-16/h2-8H,1H3,(H2,18,19,20,21,23). The average Bonchev–Trinajstić information content (AvgIpc) is 2.95. The molecule has 0 radical (unpaired) electrons. The number of carbonyl (C=O) groups is 1. The summed E-state index contributed by atoms with van der Waals surface area (Å²) in [6.45, 7) is 0. The normalized spacial score (nSPS) is 10.4. The Morgan fingerprint density at radius 2 is 2.12 bits per heavy atom. The number of fused-ring (bicyclic) bond motifs is 1. The summed E-state index contributed by atoms with van der Waals surface area (Å²) in [4.78, 5) is 16.5. The molecule has 0 saturated carbocycles. The van der Waals surface area contributed by atoms with Gasteiger partial charge in [0.1, 0.15) is 11.6 Å². The molecule has 5 nitrogen and oxygen atoms in total. The highest BCUT2D eigenvalue weighted by Crippen LogP contribution is 2.26. The molecule has 0 saturated heterocycles. The Kier molecular flexibility index (Phi) is 4.68. The van der Waals surface area contributed by atoms with E-state index in [1.165, 1.54) is 30.6 Å². The van der Waals surface area contributed by atoms with E-state index in [1.807, 2.05) is 0 Å². The minimum atomic E-state index is -0.362.